The second-order valence-corrected chi connectivity index (χ2v) is 8.21. The van der Waals surface area contributed by atoms with E-state index < -0.39 is 0 Å². The molecule has 0 bridgehead atoms. The summed E-state index contributed by atoms with van der Waals surface area (Å²) in [6, 6.07) is 8.02. The molecule has 1 aliphatic heterocycles. The molecule has 9 nitrogen and oxygen atoms in total. The number of rotatable bonds is 6. The first-order chi connectivity index (χ1) is 15.4. The van der Waals surface area contributed by atoms with Crippen molar-refractivity contribution in [1.29, 1.82) is 0 Å². The van der Waals surface area contributed by atoms with Gasteiger partial charge >= 0.3 is 0 Å². The maximum atomic E-state index is 13.1. The number of nitrogen functional groups attached to an aromatic ring is 1. The first-order valence-corrected chi connectivity index (χ1v) is 10.7. The summed E-state index contributed by atoms with van der Waals surface area (Å²) >= 11 is 0. The molecule has 0 saturated carbocycles. The summed E-state index contributed by atoms with van der Waals surface area (Å²) in [6.07, 6.45) is 0. The average Bonchev–Trinajstić information content (AvgIpc) is 2.75. The molecule has 32 heavy (non-hydrogen) atoms. The standard InChI is InChI=1S/C22H28FN9/c1-14(2)20-25-15(3)12-19(29-20)32-10-8-31(9-11-32)13-18-27-21(24)30-22(28-18)26-17-6-4-16(23)5-7-17/h4-7,12,14H,8-11,13H2,1-3H3,(H3,24,26,27,28,30). The second kappa shape index (κ2) is 9.39. The predicted octanol–water partition coefficient (Wildman–Crippen LogP) is 2.88. The zero-order chi connectivity index (χ0) is 22.7. The molecule has 1 aromatic carbocycles. The van der Waals surface area contributed by atoms with Gasteiger partial charge in [-0.15, -0.1) is 0 Å². The number of benzene rings is 1. The number of aromatic nitrogens is 5. The van der Waals surface area contributed by atoms with Crippen LogP contribution in [0.5, 0.6) is 0 Å². The molecule has 10 heteroatoms. The fraction of sp³-hybridized carbons (Fsp3) is 0.409. The Hall–Kier alpha value is -3.40. The van der Waals surface area contributed by atoms with Crippen LogP contribution in [0, 0.1) is 12.7 Å². The molecule has 0 radical (unpaired) electrons. The minimum Gasteiger partial charge on any atom is -0.368 e. The molecular weight excluding hydrogens is 409 g/mol. The van der Waals surface area contributed by atoms with Crippen LogP contribution in [0.2, 0.25) is 0 Å². The number of hydrogen-bond donors (Lipinski definition) is 2. The molecule has 3 N–H and O–H groups in total. The van der Waals surface area contributed by atoms with Crippen molar-refractivity contribution in [2.45, 2.75) is 33.2 Å². The van der Waals surface area contributed by atoms with Gasteiger partial charge in [0.1, 0.15) is 23.3 Å². The van der Waals surface area contributed by atoms with Gasteiger partial charge < -0.3 is 16.0 Å². The number of nitrogens with zero attached hydrogens (tertiary/aromatic N) is 7. The van der Waals surface area contributed by atoms with Crippen molar-refractivity contribution < 1.29 is 4.39 Å². The SMILES string of the molecule is Cc1cc(N2CCN(Cc3nc(N)nc(Nc4ccc(F)cc4)n3)CC2)nc(C(C)C)n1. The van der Waals surface area contributed by atoms with Crippen molar-refractivity contribution in [2.24, 2.45) is 0 Å². The van der Waals surface area contributed by atoms with Crippen LogP contribution in [0.4, 0.5) is 27.8 Å². The predicted molar refractivity (Wildman–Crippen MR) is 122 cm³/mol. The van der Waals surface area contributed by atoms with Gasteiger partial charge in [0.15, 0.2) is 0 Å². The number of anilines is 4. The molecule has 3 heterocycles. The number of nitrogens with one attached hydrogen (secondary N) is 1. The molecule has 3 aromatic rings. The molecule has 1 aliphatic rings. The Morgan fingerprint density at radius 2 is 1.72 bits per heavy atom. The Kier molecular flexibility index (Phi) is 6.40. The maximum absolute atomic E-state index is 13.1. The topological polar surface area (TPSA) is 109 Å². The zero-order valence-corrected chi connectivity index (χ0v) is 18.6. The summed E-state index contributed by atoms with van der Waals surface area (Å²) in [7, 11) is 0. The fourth-order valence-electron chi connectivity index (χ4n) is 3.56. The lowest BCUT2D eigenvalue weighted by atomic mass is 10.2. The van der Waals surface area contributed by atoms with Crippen LogP contribution in [0.25, 0.3) is 0 Å². The quantitative estimate of drug-likeness (QED) is 0.601. The minimum absolute atomic E-state index is 0.149. The molecule has 0 unspecified atom stereocenters. The van der Waals surface area contributed by atoms with Crippen LogP contribution in [-0.2, 0) is 6.54 Å². The summed E-state index contributed by atoms with van der Waals surface area (Å²) in [5, 5.41) is 3.05. The van der Waals surface area contributed by atoms with Gasteiger partial charge in [-0.1, -0.05) is 13.8 Å². The Labute approximate surface area is 186 Å². The van der Waals surface area contributed by atoms with Gasteiger partial charge in [0.05, 0.1) is 6.54 Å². The highest BCUT2D eigenvalue weighted by molar-refractivity contribution is 5.53. The molecular formula is C22H28FN9. The van der Waals surface area contributed by atoms with E-state index in [-0.39, 0.29) is 11.8 Å². The van der Waals surface area contributed by atoms with E-state index in [1.165, 1.54) is 12.1 Å². The summed E-state index contributed by atoms with van der Waals surface area (Å²) in [6.45, 7) is 10.2. The number of hydrogen-bond acceptors (Lipinski definition) is 9. The van der Waals surface area contributed by atoms with Gasteiger partial charge in [-0.25, -0.2) is 14.4 Å². The normalized spacial score (nSPS) is 14.7. The smallest absolute Gasteiger partial charge is 0.232 e. The summed E-state index contributed by atoms with van der Waals surface area (Å²) in [5.41, 5.74) is 7.56. The third kappa shape index (κ3) is 5.44. The van der Waals surface area contributed by atoms with Crippen LogP contribution in [-0.4, -0.2) is 56.0 Å². The lowest BCUT2D eigenvalue weighted by molar-refractivity contribution is 0.243. The largest absolute Gasteiger partial charge is 0.368 e. The van der Waals surface area contributed by atoms with Crippen LogP contribution >= 0.6 is 0 Å². The van der Waals surface area contributed by atoms with Crippen molar-refractivity contribution >= 4 is 23.4 Å². The number of nitrogens with two attached hydrogens (primary N) is 1. The van der Waals surface area contributed by atoms with Crippen LogP contribution < -0.4 is 16.0 Å². The van der Waals surface area contributed by atoms with E-state index in [1.54, 1.807) is 12.1 Å². The highest BCUT2D eigenvalue weighted by Gasteiger charge is 2.21. The van der Waals surface area contributed by atoms with Crippen LogP contribution in [0.3, 0.4) is 0 Å². The lowest BCUT2D eigenvalue weighted by Gasteiger charge is -2.35. The number of halogens is 1. The first kappa shape index (κ1) is 21.8. The Morgan fingerprint density at radius 1 is 1.00 bits per heavy atom. The van der Waals surface area contributed by atoms with E-state index in [9.17, 15) is 4.39 Å². The molecule has 0 spiro atoms. The van der Waals surface area contributed by atoms with E-state index >= 15 is 0 Å². The van der Waals surface area contributed by atoms with Gasteiger partial charge in [-0.3, -0.25) is 4.90 Å². The zero-order valence-electron chi connectivity index (χ0n) is 18.6. The first-order valence-electron chi connectivity index (χ1n) is 10.7. The summed E-state index contributed by atoms with van der Waals surface area (Å²) < 4.78 is 13.1. The molecule has 4 rings (SSSR count). The van der Waals surface area contributed by atoms with Crippen LogP contribution in [0.15, 0.2) is 30.3 Å². The van der Waals surface area contributed by atoms with Crippen molar-refractivity contribution in [3.05, 3.63) is 53.5 Å². The molecule has 2 aromatic heterocycles. The molecule has 0 atom stereocenters. The Balaban J connectivity index is 1.39. The van der Waals surface area contributed by atoms with Crippen LogP contribution in [0.1, 0.15) is 37.1 Å². The fourth-order valence-corrected chi connectivity index (χ4v) is 3.56. The molecule has 0 amide bonds. The van der Waals surface area contributed by atoms with Crippen molar-refractivity contribution in [1.82, 2.24) is 29.8 Å². The van der Waals surface area contributed by atoms with E-state index in [4.69, 9.17) is 10.7 Å². The molecule has 1 fully saturated rings. The highest BCUT2D eigenvalue weighted by Crippen LogP contribution is 2.20. The maximum Gasteiger partial charge on any atom is 0.232 e. The number of piperazine rings is 1. The highest BCUT2D eigenvalue weighted by atomic mass is 19.1. The van der Waals surface area contributed by atoms with Gasteiger partial charge in [0, 0.05) is 49.5 Å². The second-order valence-electron chi connectivity index (χ2n) is 8.21. The third-order valence-electron chi connectivity index (χ3n) is 5.24. The van der Waals surface area contributed by atoms with Crippen molar-refractivity contribution in [3.63, 3.8) is 0 Å². The molecule has 168 valence electrons. The number of aryl methyl sites for hydroxylation is 1. The van der Waals surface area contributed by atoms with Crippen molar-refractivity contribution in [2.75, 3.05) is 42.1 Å². The van der Waals surface area contributed by atoms with E-state index in [2.05, 4.69) is 48.9 Å². The van der Waals surface area contributed by atoms with E-state index in [1.807, 2.05) is 13.0 Å². The average molecular weight is 438 g/mol. The van der Waals surface area contributed by atoms with Gasteiger partial charge in [-0.05, 0) is 31.2 Å². The third-order valence-corrected chi connectivity index (χ3v) is 5.24. The van der Waals surface area contributed by atoms with Gasteiger partial charge in [0.25, 0.3) is 0 Å². The van der Waals surface area contributed by atoms with E-state index in [0.29, 0.717) is 29.9 Å². The van der Waals surface area contributed by atoms with Gasteiger partial charge in [0.2, 0.25) is 11.9 Å². The minimum atomic E-state index is -0.303. The van der Waals surface area contributed by atoms with Gasteiger partial charge in [-0.2, -0.15) is 15.0 Å². The molecule has 0 aliphatic carbocycles. The monoisotopic (exact) mass is 437 g/mol. The molecule has 1 saturated heterocycles. The Morgan fingerprint density at radius 3 is 2.41 bits per heavy atom. The lowest BCUT2D eigenvalue weighted by Crippen LogP contribution is -2.46. The summed E-state index contributed by atoms with van der Waals surface area (Å²) in [4.78, 5) is 26.8. The summed E-state index contributed by atoms with van der Waals surface area (Å²) in [5.74, 6) is 2.94. The Bertz CT molecular complexity index is 1060. The van der Waals surface area contributed by atoms with Crippen molar-refractivity contribution in [3.8, 4) is 0 Å². The van der Waals surface area contributed by atoms with E-state index in [0.717, 1.165) is 43.5 Å².